The molecule has 0 radical (unpaired) electrons. The molecule has 0 aliphatic carbocycles. The Kier molecular flexibility index (Phi) is 2.83. The Labute approximate surface area is 82.4 Å². The van der Waals surface area contributed by atoms with Gasteiger partial charge in [-0.25, -0.2) is 0 Å². The summed E-state index contributed by atoms with van der Waals surface area (Å²) in [6.07, 6.45) is 0.987. The molecule has 3 nitrogen and oxygen atoms in total. The Morgan fingerprint density at radius 1 is 1.38 bits per heavy atom. The van der Waals surface area contributed by atoms with Crippen LogP contribution in [0.5, 0.6) is 5.75 Å². The highest BCUT2D eigenvalue weighted by molar-refractivity contribution is 7.86. The van der Waals surface area contributed by atoms with Crippen LogP contribution in [0.4, 0.5) is 0 Å². The first-order valence-corrected chi connectivity index (χ1v) is 5.73. The van der Waals surface area contributed by atoms with Crippen molar-refractivity contribution in [3.8, 4) is 5.75 Å². The number of benzene rings is 1. The van der Waals surface area contributed by atoms with E-state index >= 15 is 0 Å². The van der Waals surface area contributed by atoms with E-state index in [9.17, 15) is 8.42 Å². The van der Waals surface area contributed by atoms with Crippen molar-refractivity contribution in [2.45, 2.75) is 6.92 Å². The Hall–Kier alpha value is -0.740. The third-order valence-electron chi connectivity index (χ3n) is 1.39. The molecule has 0 aliphatic rings. The molecular formula is C8H9ClO3S. The van der Waals surface area contributed by atoms with Crippen LogP contribution < -0.4 is 4.18 Å². The lowest BCUT2D eigenvalue weighted by atomic mass is 10.2. The third kappa shape index (κ3) is 3.24. The van der Waals surface area contributed by atoms with Gasteiger partial charge in [-0.15, -0.1) is 0 Å². The van der Waals surface area contributed by atoms with Crippen molar-refractivity contribution in [2.24, 2.45) is 0 Å². The monoisotopic (exact) mass is 220 g/mol. The fourth-order valence-electron chi connectivity index (χ4n) is 0.800. The van der Waals surface area contributed by atoms with E-state index in [1.807, 2.05) is 6.92 Å². The molecule has 0 saturated carbocycles. The van der Waals surface area contributed by atoms with Crippen LogP contribution in [0.1, 0.15) is 5.56 Å². The summed E-state index contributed by atoms with van der Waals surface area (Å²) in [6.45, 7) is 1.83. The van der Waals surface area contributed by atoms with E-state index in [4.69, 9.17) is 11.6 Å². The molecule has 0 amide bonds. The van der Waals surface area contributed by atoms with Crippen molar-refractivity contribution < 1.29 is 12.6 Å². The first-order chi connectivity index (χ1) is 5.88. The quantitative estimate of drug-likeness (QED) is 0.716. The van der Waals surface area contributed by atoms with Gasteiger partial charge in [-0.3, -0.25) is 0 Å². The van der Waals surface area contributed by atoms with Crippen LogP contribution in [0, 0.1) is 6.92 Å². The van der Waals surface area contributed by atoms with Crippen LogP contribution in [0.25, 0.3) is 0 Å². The van der Waals surface area contributed by atoms with Gasteiger partial charge in [0.2, 0.25) is 0 Å². The Bertz CT molecular complexity index is 411. The summed E-state index contributed by atoms with van der Waals surface area (Å²) >= 11 is 5.77. The second kappa shape index (κ2) is 3.55. The summed E-state index contributed by atoms with van der Waals surface area (Å²) in [7, 11) is -3.47. The highest BCUT2D eigenvalue weighted by Gasteiger charge is 2.05. The Morgan fingerprint density at radius 2 is 2.00 bits per heavy atom. The van der Waals surface area contributed by atoms with Gasteiger partial charge < -0.3 is 4.18 Å². The van der Waals surface area contributed by atoms with E-state index in [1.165, 1.54) is 6.07 Å². The highest BCUT2D eigenvalue weighted by atomic mass is 35.5. The van der Waals surface area contributed by atoms with Gasteiger partial charge >= 0.3 is 10.1 Å². The van der Waals surface area contributed by atoms with Gasteiger partial charge in [-0.1, -0.05) is 17.7 Å². The van der Waals surface area contributed by atoms with Crippen molar-refractivity contribution in [3.63, 3.8) is 0 Å². The minimum Gasteiger partial charge on any atom is -0.383 e. The lowest BCUT2D eigenvalue weighted by Crippen LogP contribution is -2.05. The van der Waals surface area contributed by atoms with E-state index in [0.717, 1.165) is 11.8 Å². The minimum atomic E-state index is -3.47. The molecule has 0 heterocycles. The SMILES string of the molecule is Cc1ccc(OS(C)(=O)=O)cc1Cl. The number of hydrogen-bond acceptors (Lipinski definition) is 3. The standard InChI is InChI=1S/C8H9ClO3S/c1-6-3-4-7(5-8(6)9)12-13(2,10)11/h3-5H,1-2H3. The van der Waals surface area contributed by atoms with Gasteiger partial charge in [0.05, 0.1) is 6.26 Å². The first-order valence-electron chi connectivity index (χ1n) is 3.54. The van der Waals surface area contributed by atoms with Gasteiger partial charge in [0.1, 0.15) is 5.75 Å². The Balaban J connectivity index is 2.99. The zero-order valence-electron chi connectivity index (χ0n) is 7.24. The van der Waals surface area contributed by atoms with Crippen LogP contribution in [-0.4, -0.2) is 14.7 Å². The fraction of sp³-hybridized carbons (Fsp3) is 0.250. The summed E-state index contributed by atoms with van der Waals surface area (Å²) in [5.74, 6) is 0.234. The maximum Gasteiger partial charge on any atom is 0.306 e. The molecule has 0 aliphatic heterocycles. The van der Waals surface area contributed by atoms with Crippen LogP contribution in [0.15, 0.2) is 18.2 Å². The second-order valence-corrected chi connectivity index (χ2v) is 4.68. The van der Waals surface area contributed by atoms with Gasteiger partial charge in [0.15, 0.2) is 0 Å². The van der Waals surface area contributed by atoms with Gasteiger partial charge in [-0.05, 0) is 18.6 Å². The Morgan fingerprint density at radius 3 is 2.46 bits per heavy atom. The van der Waals surface area contributed by atoms with Gasteiger partial charge in [0.25, 0.3) is 0 Å². The van der Waals surface area contributed by atoms with Gasteiger partial charge in [0, 0.05) is 11.1 Å². The summed E-state index contributed by atoms with van der Waals surface area (Å²) < 4.78 is 26.1. The molecule has 1 aromatic carbocycles. The largest absolute Gasteiger partial charge is 0.383 e. The van der Waals surface area contributed by atoms with E-state index in [0.29, 0.717) is 5.02 Å². The molecule has 0 bridgehead atoms. The first kappa shape index (κ1) is 10.3. The van der Waals surface area contributed by atoms with Crippen molar-refractivity contribution >= 4 is 21.7 Å². The molecule has 13 heavy (non-hydrogen) atoms. The summed E-state index contributed by atoms with van der Waals surface area (Å²) in [6, 6.07) is 4.73. The van der Waals surface area contributed by atoms with Crippen molar-refractivity contribution in [1.82, 2.24) is 0 Å². The molecule has 0 saturated heterocycles. The zero-order chi connectivity index (χ0) is 10.1. The third-order valence-corrected chi connectivity index (χ3v) is 2.29. The lowest BCUT2D eigenvalue weighted by molar-refractivity contribution is 0.493. The number of rotatable bonds is 2. The summed E-state index contributed by atoms with van der Waals surface area (Å²) in [5.41, 5.74) is 0.877. The van der Waals surface area contributed by atoms with Crippen LogP contribution in [0.2, 0.25) is 5.02 Å². The minimum absolute atomic E-state index is 0.234. The van der Waals surface area contributed by atoms with Crippen LogP contribution in [0.3, 0.4) is 0 Å². The van der Waals surface area contributed by atoms with Crippen molar-refractivity contribution in [3.05, 3.63) is 28.8 Å². The van der Waals surface area contributed by atoms with Crippen molar-refractivity contribution in [1.29, 1.82) is 0 Å². The molecule has 1 rings (SSSR count). The number of aryl methyl sites for hydroxylation is 1. The molecule has 72 valence electrons. The smallest absolute Gasteiger partial charge is 0.306 e. The average Bonchev–Trinajstić information content (AvgIpc) is 1.94. The van der Waals surface area contributed by atoms with E-state index < -0.39 is 10.1 Å². The number of halogens is 1. The molecule has 0 fully saturated rings. The fourth-order valence-corrected chi connectivity index (χ4v) is 1.42. The summed E-state index contributed by atoms with van der Waals surface area (Å²) in [5, 5.41) is 0.487. The predicted octanol–water partition coefficient (Wildman–Crippen LogP) is 1.99. The van der Waals surface area contributed by atoms with Crippen LogP contribution in [-0.2, 0) is 10.1 Å². The predicted molar refractivity (Wildman–Crippen MR) is 51.7 cm³/mol. The maximum absolute atomic E-state index is 10.7. The van der Waals surface area contributed by atoms with E-state index in [1.54, 1.807) is 12.1 Å². The molecule has 0 unspecified atom stereocenters. The molecule has 0 atom stereocenters. The molecule has 0 spiro atoms. The highest BCUT2D eigenvalue weighted by Crippen LogP contribution is 2.22. The normalized spacial score (nSPS) is 11.3. The topological polar surface area (TPSA) is 43.4 Å². The molecule has 0 N–H and O–H groups in total. The second-order valence-electron chi connectivity index (χ2n) is 2.70. The molecule has 0 aromatic heterocycles. The van der Waals surface area contributed by atoms with E-state index in [-0.39, 0.29) is 5.75 Å². The number of hydrogen-bond donors (Lipinski definition) is 0. The molecular weight excluding hydrogens is 212 g/mol. The van der Waals surface area contributed by atoms with Crippen molar-refractivity contribution in [2.75, 3.05) is 6.26 Å². The zero-order valence-corrected chi connectivity index (χ0v) is 8.82. The molecule has 5 heteroatoms. The summed E-state index contributed by atoms with van der Waals surface area (Å²) in [4.78, 5) is 0. The average molecular weight is 221 g/mol. The van der Waals surface area contributed by atoms with Gasteiger partial charge in [-0.2, -0.15) is 8.42 Å². The van der Waals surface area contributed by atoms with E-state index in [2.05, 4.69) is 4.18 Å². The van der Waals surface area contributed by atoms with Crippen LogP contribution >= 0.6 is 11.6 Å². The maximum atomic E-state index is 10.7. The lowest BCUT2D eigenvalue weighted by Gasteiger charge is -2.03. The molecule has 1 aromatic rings.